The first-order valence-electron chi connectivity index (χ1n) is 12.0. The van der Waals surface area contributed by atoms with Crippen molar-refractivity contribution in [3.8, 4) is 0 Å². The van der Waals surface area contributed by atoms with Crippen LogP contribution in [0.1, 0.15) is 105 Å². The molecule has 0 saturated heterocycles. The van der Waals surface area contributed by atoms with E-state index in [-0.39, 0.29) is 0 Å². The molecule has 0 radical (unpaired) electrons. The van der Waals surface area contributed by atoms with E-state index in [0.29, 0.717) is 12.2 Å². The van der Waals surface area contributed by atoms with Gasteiger partial charge in [-0.05, 0) is 36.1 Å². The third-order valence-corrected chi connectivity index (χ3v) is 8.40. The van der Waals surface area contributed by atoms with Crippen LogP contribution in [0.25, 0.3) is 0 Å². The fourth-order valence-corrected chi connectivity index (χ4v) is 5.89. The maximum Gasteiger partial charge on any atom is 0.192 e. The molecule has 0 fully saturated rings. The Kier molecular flexibility index (Phi) is 15.9. The lowest BCUT2D eigenvalue weighted by molar-refractivity contribution is 0.186. The highest BCUT2D eigenvalue weighted by Crippen LogP contribution is 2.13. The Hall–Kier alpha value is -0.426. The maximum atomic E-state index is 6.38. The molecule has 0 spiro atoms. The van der Waals surface area contributed by atoms with Crippen molar-refractivity contribution < 1.29 is 8.85 Å². The van der Waals surface area contributed by atoms with Crippen LogP contribution in [-0.4, -0.2) is 31.7 Å². The van der Waals surface area contributed by atoms with Gasteiger partial charge in [-0.3, -0.25) is 0 Å². The number of benzene rings is 1. The van der Waals surface area contributed by atoms with E-state index >= 15 is 0 Å². The third-order valence-electron chi connectivity index (χ3n) is 5.51. The van der Waals surface area contributed by atoms with Gasteiger partial charge in [-0.1, -0.05) is 103 Å². The fourth-order valence-electron chi connectivity index (χ4n) is 3.51. The second-order valence-corrected chi connectivity index (χ2v) is 11.1. The molecule has 0 amide bonds. The Balaban J connectivity index is 2.43. The zero-order valence-electron chi connectivity index (χ0n) is 19.2. The first-order chi connectivity index (χ1) is 13.7. The molecule has 1 rings (SSSR count). The Morgan fingerprint density at radius 3 is 1.11 bits per heavy atom. The molecule has 162 valence electrons. The quantitative estimate of drug-likeness (QED) is 0.321. The van der Waals surface area contributed by atoms with Crippen LogP contribution in [0.3, 0.4) is 0 Å². The van der Waals surface area contributed by atoms with E-state index in [1.807, 2.05) is 0 Å². The van der Waals surface area contributed by atoms with Crippen molar-refractivity contribution in [2.45, 2.75) is 117 Å². The minimum absolute atomic E-state index is 0.488. The van der Waals surface area contributed by atoms with Crippen LogP contribution in [0.5, 0.6) is 0 Å². The normalized spacial score (nSPS) is 12.5. The van der Waals surface area contributed by atoms with Crippen molar-refractivity contribution in [2.75, 3.05) is 0 Å². The van der Waals surface area contributed by atoms with Crippen molar-refractivity contribution in [3.05, 3.63) is 24.3 Å². The molecule has 0 aliphatic carbocycles. The standard InChI is InChI=1S/C24H46O2Si2/c1-5-9-13-21(14-10-6-2)25-27-23-17-19-24(20-18-23)28-26-22(15-11-7-3)16-12-8-4/h17-22H,5-16,27-28H2,1-4H3. The number of hydrogen-bond donors (Lipinski definition) is 0. The molecular formula is C24H46O2Si2. The summed E-state index contributed by atoms with van der Waals surface area (Å²) in [5, 5.41) is 2.87. The van der Waals surface area contributed by atoms with E-state index in [4.69, 9.17) is 8.85 Å². The summed E-state index contributed by atoms with van der Waals surface area (Å²) in [4.78, 5) is 0. The average Bonchev–Trinajstić information content (AvgIpc) is 2.73. The van der Waals surface area contributed by atoms with Gasteiger partial charge in [0.05, 0.1) is 0 Å². The van der Waals surface area contributed by atoms with Crippen LogP contribution >= 0.6 is 0 Å². The first kappa shape index (κ1) is 25.6. The van der Waals surface area contributed by atoms with Crippen LogP contribution < -0.4 is 10.4 Å². The molecule has 1 aromatic rings. The lowest BCUT2D eigenvalue weighted by Gasteiger charge is -2.19. The van der Waals surface area contributed by atoms with Crippen molar-refractivity contribution in [1.29, 1.82) is 0 Å². The van der Waals surface area contributed by atoms with Gasteiger partial charge in [-0.25, -0.2) is 0 Å². The van der Waals surface area contributed by atoms with Gasteiger partial charge in [-0.2, -0.15) is 0 Å². The molecule has 28 heavy (non-hydrogen) atoms. The molecule has 4 heteroatoms. The Bertz CT molecular complexity index is 405. The summed E-state index contributed by atoms with van der Waals surface area (Å²) in [5.74, 6) is 0. The lowest BCUT2D eigenvalue weighted by Crippen LogP contribution is -2.28. The topological polar surface area (TPSA) is 18.5 Å². The molecular weight excluding hydrogens is 376 g/mol. The summed E-state index contributed by atoms with van der Waals surface area (Å²) in [6.07, 6.45) is 16.2. The molecule has 0 heterocycles. The zero-order chi connectivity index (χ0) is 20.5. The number of hydrogen-bond acceptors (Lipinski definition) is 2. The second kappa shape index (κ2) is 17.4. The van der Waals surface area contributed by atoms with E-state index in [9.17, 15) is 0 Å². The highest BCUT2D eigenvalue weighted by Gasteiger charge is 2.10. The minimum Gasteiger partial charge on any atom is -0.416 e. The highest BCUT2D eigenvalue weighted by molar-refractivity contribution is 6.49. The first-order valence-corrected chi connectivity index (χ1v) is 14.6. The molecule has 0 unspecified atom stereocenters. The van der Waals surface area contributed by atoms with Crippen LogP contribution in [0.15, 0.2) is 24.3 Å². The maximum absolute atomic E-state index is 6.38. The second-order valence-electron chi connectivity index (χ2n) is 8.25. The lowest BCUT2D eigenvalue weighted by atomic mass is 10.1. The van der Waals surface area contributed by atoms with Crippen LogP contribution in [0.2, 0.25) is 0 Å². The average molecular weight is 423 g/mol. The summed E-state index contributed by atoms with van der Waals surface area (Å²) < 4.78 is 12.8. The summed E-state index contributed by atoms with van der Waals surface area (Å²) >= 11 is 0. The smallest absolute Gasteiger partial charge is 0.192 e. The largest absolute Gasteiger partial charge is 0.416 e. The monoisotopic (exact) mass is 422 g/mol. The molecule has 0 atom stereocenters. The van der Waals surface area contributed by atoms with Gasteiger partial charge in [0.25, 0.3) is 0 Å². The van der Waals surface area contributed by atoms with Crippen LogP contribution in [-0.2, 0) is 8.85 Å². The summed E-state index contributed by atoms with van der Waals surface area (Å²) in [6, 6.07) is 9.23. The summed E-state index contributed by atoms with van der Waals surface area (Å²) in [5.41, 5.74) is 0. The highest BCUT2D eigenvalue weighted by atomic mass is 28.2. The third kappa shape index (κ3) is 12.2. The van der Waals surface area contributed by atoms with Crippen molar-refractivity contribution in [2.24, 2.45) is 0 Å². The molecule has 0 aliphatic heterocycles. The molecule has 0 saturated carbocycles. The Labute approximate surface area is 180 Å². The summed E-state index contributed by atoms with van der Waals surface area (Å²) in [7, 11) is -1.22. The molecule has 2 nitrogen and oxygen atoms in total. The van der Waals surface area contributed by atoms with Gasteiger partial charge in [0.1, 0.15) is 0 Å². The zero-order valence-corrected chi connectivity index (χ0v) is 22.0. The van der Waals surface area contributed by atoms with Gasteiger partial charge in [-0.15, -0.1) is 0 Å². The number of rotatable bonds is 18. The predicted octanol–water partition coefficient (Wildman–Crippen LogP) is 4.64. The van der Waals surface area contributed by atoms with Gasteiger partial charge < -0.3 is 8.85 Å². The minimum atomic E-state index is -0.608. The molecule has 0 aliphatic rings. The van der Waals surface area contributed by atoms with Gasteiger partial charge in [0, 0.05) is 12.2 Å². The Morgan fingerprint density at radius 1 is 0.571 bits per heavy atom. The van der Waals surface area contributed by atoms with E-state index < -0.39 is 19.5 Å². The van der Waals surface area contributed by atoms with Crippen molar-refractivity contribution in [1.82, 2.24) is 0 Å². The van der Waals surface area contributed by atoms with Gasteiger partial charge >= 0.3 is 0 Å². The van der Waals surface area contributed by atoms with Gasteiger partial charge in [0.15, 0.2) is 19.5 Å². The van der Waals surface area contributed by atoms with E-state index in [1.54, 1.807) is 0 Å². The number of unbranched alkanes of at least 4 members (excludes halogenated alkanes) is 4. The molecule has 1 aromatic carbocycles. The van der Waals surface area contributed by atoms with Crippen molar-refractivity contribution in [3.63, 3.8) is 0 Å². The molecule has 0 aromatic heterocycles. The van der Waals surface area contributed by atoms with E-state index in [0.717, 1.165) is 0 Å². The predicted molar refractivity (Wildman–Crippen MR) is 131 cm³/mol. The SMILES string of the molecule is CCCCC(CCCC)O[SiH2]c1ccc([SiH2]OC(CCCC)CCCC)cc1. The van der Waals surface area contributed by atoms with Crippen LogP contribution in [0, 0.1) is 0 Å². The van der Waals surface area contributed by atoms with Gasteiger partial charge in [0.2, 0.25) is 0 Å². The van der Waals surface area contributed by atoms with E-state index in [1.165, 1.54) is 87.4 Å². The van der Waals surface area contributed by atoms with Crippen LogP contribution in [0.4, 0.5) is 0 Å². The summed E-state index contributed by atoms with van der Waals surface area (Å²) in [6.45, 7) is 9.09. The fraction of sp³-hybridized carbons (Fsp3) is 0.750. The van der Waals surface area contributed by atoms with E-state index in [2.05, 4.69) is 52.0 Å². The van der Waals surface area contributed by atoms with Crippen molar-refractivity contribution >= 4 is 29.9 Å². The molecule has 0 N–H and O–H groups in total. The molecule has 0 bridgehead atoms. The Morgan fingerprint density at radius 2 is 0.857 bits per heavy atom.